The predicted molar refractivity (Wildman–Crippen MR) is 110 cm³/mol. The van der Waals surface area contributed by atoms with Crippen LogP contribution in [0.15, 0.2) is 34.2 Å². The van der Waals surface area contributed by atoms with E-state index in [9.17, 15) is 4.79 Å². The predicted octanol–water partition coefficient (Wildman–Crippen LogP) is 3.36. The van der Waals surface area contributed by atoms with Gasteiger partial charge in [0, 0.05) is 36.1 Å². The van der Waals surface area contributed by atoms with Gasteiger partial charge in [-0.05, 0) is 45.0 Å². The molecule has 1 amide bonds. The quantitative estimate of drug-likeness (QED) is 0.685. The first kappa shape index (κ1) is 19.7. The molecule has 3 heterocycles. The van der Waals surface area contributed by atoms with Crippen molar-refractivity contribution in [1.82, 2.24) is 20.0 Å². The number of rotatable bonds is 5. The summed E-state index contributed by atoms with van der Waals surface area (Å²) in [6.45, 7) is 8.45. The van der Waals surface area contributed by atoms with Gasteiger partial charge < -0.3 is 9.26 Å². The van der Waals surface area contributed by atoms with Crippen LogP contribution in [0.1, 0.15) is 35.7 Å². The number of carbonyl (C=O) groups excluding carboxylic acids is 1. The number of hydrogen-bond donors (Lipinski definition) is 1. The summed E-state index contributed by atoms with van der Waals surface area (Å²) in [5, 5.41) is 9.23. The zero-order valence-electron chi connectivity index (χ0n) is 16.6. The summed E-state index contributed by atoms with van der Waals surface area (Å²) >= 11 is 1.43. The standard InChI is InChI=1S/C20H23N5O3S/c1-12-8-25(9-13(2)27-12)10-17-11-29-20(22-17)23-18(26)15-4-6-16(7-5-15)19-21-14(3)24-28-19/h4-7,11-13H,8-10H2,1-3H3,(H,22,23,26). The number of nitrogens with one attached hydrogen (secondary N) is 1. The lowest BCUT2D eigenvalue weighted by atomic mass is 10.1. The Balaban J connectivity index is 1.36. The van der Waals surface area contributed by atoms with Crippen molar-refractivity contribution in [1.29, 1.82) is 0 Å². The van der Waals surface area contributed by atoms with Crippen molar-refractivity contribution in [2.24, 2.45) is 0 Å². The normalized spacial score (nSPS) is 20.0. The number of thiazole rings is 1. The molecule has 2 atom stereocenters. The van der Waals surface area contributed by atoms with Crippen LogP contribution in [0.3, 0.4) is 0 Å². The first-order valence-electron chi connectivity index (χ1n) is 9.50. The molecule has 9 heteroatoms. The molecule has 1 aliphatic heterocycles. The Bertz CT molecular complexity index is 974. The highest BCUT2D eigenvalue weighted by atomic mass is 32.1. The molecule has 1 saturated heterocycles. The van der Waals surface area contributed by atoms with Crippen molar-refractivity contribution in [2.75, 3.05) is 18.4 Å². The Kier molecular flexibility index (Phi) is 5.70. The number of hydrogen-bond acceptors (Lipinski definition) is 8. The maximum Gasteiger partial charge on any atom is 0.257 e. The molecule has 0 radical (unpaired) electrons. The SMILES string of the molecule is Cc1noc(-c2ccc(C(=O)Nc3nc(CN4CC(C)OC(C)C4)cs3)cc2)n1. The third kappa shape index (κ3) is 4.87. The van der Waals surface area contributed by atoms with Gasteiger partial charge in [0.2, 0.25) is 0 Å². The Labute approximate surface area is 172 Å². The summed E-state index contributed by atoms with van der Waals surface area (Å²) in [4.78, 5) is 23.6. The fourth-order valence-electron chi connectivity index (χ4n) is 3.43. The summed E-state index contributed by atoms with van der Waals surface area (Å²) in [6.07, 6.45) is 0.436. The molecule has 29 heavy (non-hydrogen) atoms. The molecule has 0 saturated carbocycles. The Morgan fingerprint density at radius 2 is 1.93 bits per heavy atom. The average Bonchev–Trinajstić information content (AvgIpc) is 3.30. The molecule has 2 unspecified atom stereocenters. The van der Waals surface area contributed by atoms with Crippen LogP contribution >= 0.6 is 11.3 Å². The van der Waals surface area contributed by atoms with E-state index in [1.54, 1.807) is 31.2 Å². The maximum atomic E-state index is 12.5. The van der Waals surface area contributed by atoms with Crippen molar-refractivity contribution >= 4 is 22.4 Å². The van der Waals surface area contributed by atoms with Crippen LogP contribution in [0.5, 0.6) is 0 Å². The van der Waals surface area contributed by atoms with E-state index < -0.39 is 0 Å². The van der Waals surface area contributed by atoms with Gasteiger partial charge in [0.05, 0.1) is 17.9 Å². The first-order chi connectivity index (χ1) is 14.0. The second kappa shape index (κ2) is 8.40. The second-order valence-corrected chi connectivity index (χ2v) is 8.13. The number of amides is 1. The van der Waals surface area contributed by atoms with Crippen LogP contribution in [0.25, 0.3) is 11.5 Å². The summed E-state index contributed by atoms with van der Waals surface area (Å²) in [5.74, 6) is 0.806. The van der Waals surface area contributed by atoms with Crippen molar-refractivity contribution in [3.8, 4) is 11.5 Å². The van der Waals surface area contributed by atoms with Gasteiger partial charge in [-0.2, -0.15) is 4.98 Å². The molecular formula is C20H23N5O3S. The highest BCUT2D eigenvalue weighted by Crippen LogP contribution is 2.21. The minimum atomic E-state index is -0.201. The fraction of sp³-hybridized carbons (Fsp3) is 0.400. The van der Waals surface area contributed by atoms with Crippen LogP contribution in [-0.4, -0.2) is 51.2 Å². The molecule has 3 aromatic rings. The molecule has 0 spiro atoms. The third-order valence-corrected chi connectivity index (χ3v) is 5.38. The van der Waals surface area contributed by atoms with Crippen molar-refractivity contribution < 1.29 is 14.1 Å². The van der Waals surface area contributed by atoms with E-state index in [1.165, 1.54) is 11.3 Å². The van der Waals surface area contributed by atoms with Gasteiger partial charge in [0.15, 0.2) is 11.0 Å². The molecule has 2 aromatic heterocycles. The van der Waals surface area contributed by atoms with Crippen LogP contribution in [-0.2, 0) is 11.3 Å². The summed E-state index contributed by atoms with van der Waals surface area (Å²) in [6, 6.07) is 7.04. The van der Waals surface area contributed by atoms with Crippen LogP contribution in [0, 0.1) is 6.92 Å². The van der Waals surface area contributed by atoms with Gasteiger partial charge in [-0.15, -0.1) is 11.3 Å². The maximum absolute atomic E-state index is 12.5. The third-order valence-electron chi connectivity index (χ3n) is 4.57. The monoisotopic (exact) mass is 413 g/mol. The van der Waals surface area contributed by atoms with Gasteiger partial charge in [-0.1, -0.05) is 5.16 Å². The fourth-order valence-corrected chi connectivity index (χ4v) is 4.12. The van der Waals surface area contributed by atoms with E-state index in [0.29, 0.717) is 22.4 Å². The van der Waals surface area contributed by atoms with Gasteiger partial charge in [-0.3, -0.25) is 15.0 Å². The summed E-state index contributed by atoms with van der Waals surface area (Å²) in [5.41, 5.74) is 2.26. The number of benzene rings is 1. The number of carbonyl (C=O) groups is 1. The van der Waals surface area contributed by atoms with Gasteiger partial charge in [-0.25, -0.2) is 4.98 Å². The number of anilines is 1. The van der Waals surface area contributed by atoms with Crippen LogP contribution < -0.4 is 5.32 Å². The minimum Gasteiger partial charge on any atom is -0.373 e. The molecule has 1 aromatic carbocycles. The van der Waals surface area contributed by atoms with Gasteiger partial charge in [0.25, 0.3) is 11.8 Å². The zero-order chi connectivity index (χ0) is 20.4. The molecule has 0 aliphatic carbocycles. The smallest absolute Gasteiger partial charge is 0.257 e. The average molecular weight is 414 g/mol. The molecule has 1 fully saturated rings. The first-order valence-corrected chi connectivity index (χ1v) is 10.4. The van der Waals surface area contributed by atoms with Crippen LogP contribution in [0.4, 0.5) is 5.13 Å². The highest BCUT2D eigenvalue weighted by Gasteiger charge is 2.23. The van der Waals surface area contributed by atoms with Gasteiger partial charge >= 0.3 is 0 Å². The minimum absolute atomic E-state index is 0.201. The molecule has 1 N–H and O–H groups in total. The van der Waals surface area contributed by atoms with Crippen LogP contribution in [0.2, 0.25) is 0 Å². The highest BCUT2D eigenvalue weighted by molar-refractivity contribution is 7.13. The molecule has 8 nitrogen and oxygen atoms in total. The summed E-state index contributed by atoms with van der Waals surface area (Å²) in [7, 11) is 0. The number of ether oxygens (including phenoxy) is 1. The van der Waals surface area contributed by atoms with E-state index >= 15 is 0 Å². The molecule has 1 aliphatic rings. The Morgan fingerprint density at radius 3 is 2.59 bits per heavy atom. The number of nitrogens with zero attached hydrogens (tertiary/aromatic N) is 4. The molecule has 0 bridgehead atoms. The molecule has 4 rings (SSSR count). The second-order valence-electron chi connectivity index (χ2n) is 7.27. The molecule has 152 valence electrons. The van der Waals surface area contributed by atoms with Crippen molar-refractivity contribution in [2.45, 2.75) is 39.5 Å². The largest absolute Gasteiger partial charge is 0.373 e. The van der Waals surface area contributed by atoms with E-state index in [-0.39, 0.29) is 18.1 Å². The topological polar surface area (TPSA) is 93.4 Å². The lowest BCUT2D eigenvalue weighted by molar-refractivity contribution is -0.0707. The van der Waals surface area contributed by atoms with Crippen molar-refractivity contribution in [3.05, 3.63) is 46.7 Å². The zero-order valence-corrected chi connectivity index (χ0v) is 17.4. The van der Waals surface area contributed by atoms with E-state index in [4.69, 9.17) is 9.26 Å². The lowest BCUT2D eigenvalue weighted by Crippen LogP contribution is -2.44. The Morgan fingerprint density at radius 1 is 1.21 bits per heavy atom. The van der Waals surface area contributed by atoms with E-state index in [1.807, 2.05) is 5.38 Å². The number of aromatic nitrogens is 3. The Hall–Kier alpha value is -2.62. The summed E-state index contributed by atoms with van der Waals surface area (Å²) < 4.78 is 10.9. The van der Waals surface area contributed by atoms with Crippen molar-refractivity contribution in [3.63, 3.8) is 0 Å². The molecular weight excluding hydrogens is 390 g/mol. The van der Waals surface area contributed by atoms with E-state index in [0.717, 1.165) is 30.9 Å². The lowest BCUT2D eigenvalue weighted by Gasteiger charge is -2.34. The van der Waals surface area contributed by atoms with Gasteiger partial charge in [0.1, 0.15) is 0 Å². The number of morpholine rings is 1. The number of aryl methyl sites for hydroxylation is 1. The van der Waals surface area contributed by atoms with E-state index in [2.05, 4.69) is 39.2 Å².